The highest BCUT2D eigenvalue weighted by Crippen LogP contribution is 2.54. The zero-order valence-corrected chi connectivity index (χ0v) is 20.8. The fourth-order valence-electron chi connectivity index (χ4n) is 4.94. The summed E-state index contributed by atoms with van der Waals surface area (Å²) >= 11 is 3.77. The molecule has 4 aromatic rings. The Kier molecular flexibility index (Phi) is 5.25. The number of fused-ring (bicyclic) bond motifs is 3. The van der Waals surface area contributed by atoms with Crippen LogP contribution in [0.2, 0.25) is 13.1 Å². The lowest BCUT2D eigenvalue weighted by Crippen LogP contribution is -2.48. The second-order valence-electron chi connectivity index (χ2n) is 8.72. The van der Waals surface area contributed by atoms with Crippen molar-refractivity contribution < 1.29 is 4.74 Å². The Hall–Kier alpha value is -2.40. The minimum atomic E-state index is -2.01. The molecule has 2 aromatic heterocycles. The van der Waals surface area contributed by atoms with Crippen LogP contribution in [0, 0.1) is 6.92 Å². The van der Waals surface area contributed by atoms with Gasteiger partial charge in [0.15, 0.2) is 0 Å². The van der Waals surface area contributed by atoms with Gasteiger partial charge < -0.3 is 4.74 Å². The third-order valence-electron chi connectivity index (χ3n) is 6.30. The predicted octanol–water partition coefficient (Wildman–Crippen LogP) is 7.62. The summed E-state index contributed by atoms with van der Waals surface area (Å²) in [5, 5.41) is 5.91. The van der Waals surface area contributed by atoms with E-state index in [1.807, 2.05) is 28.7 Å². The summed E-state index contributed by atoms with van der Waals surface area (Å²) in [6.07, 6.45) is 1.84. The Morgan fingerprint density at radius 2 is 1.61 bits per heavy atom. The van der Waals surface area contributed by atoms with Crippen LogP contribution in [-0.4, -0.2) is 14.7 Å². The lowest BCUT2D eigenvalue weighted by Gasteiger charge is -2.33. The van der Waals surface area contributed by atoms with Crippen molar-refractivity contribution in [3.05, 3.63) is 94.7 Å². The first-order valence-corrected chi connectivity index (χ1v) is 15.5. The SMILES string of the molecule is C=CCOc1c(-c2ccccc2)cc(C)cc1[Si](C)(C)C1c2ccsc2-c2sccc21. The highest BCUT2D eigenvalue weighted by molar-refractivity contribution is 7.21. The first kappa shape index (κ1) is 20.5. The molecule has 1 aliphatic carbocycles. The van der Waals surface area contributed by atoms with Gasteiger partial charge in [0.05, 0.1) is 8.07 Å². The summed E-state index contributed by atoms with van der Waals surface area (Å²) in [4.78, 5) is 2.94. The Balaban J connectivity index is 1.73. The summed E-state index contributed by atoms with van der Waals surface area (Å²) in [7, 11) is -2.01. The number of aryl methyl sites for hydroxylation is 1. The molecule has 1 aliphatic rings. The highest BCUT2D eigenvalue weighted by atomic mass is 32.1. The monoisotopic (exact) mass is 458 g/mol. The summed E-state index contributed by atoms with van der Waals surface area (Å²) in [6.45, 7) is 11.6. The standard InChI is InChI=1S/C27H26OS2Si/c1-5-13-28-24-22(19-9-7-6-8-10-19)16-18(2)17-23(24)31(3,4)27-20-11-14-29-25(20)26-21(27)12-15-30-26/h5-12,14-17,27H,1,13H2,2-4H3. The molecule has 4 heteroatoms. The largest absolute Gasteiger partial charge is 0.489 e. The van der Waals surface area contributed by atoms with Gasteiger partial charge in [-0.25, -0.2) is 0 Å². The number of hydrogen-bond acceptors (Lipinski definition) is 3. The Morgan fingerprint density at radius 3 is 2.23 bits per heavy atom. The van der Waals surface area contributed by atoms with E-state index in [2.05, 4.69) is 92.0 Å². The van der Waals surface area contributed by atoms with Crippen LogP contribution in [0.15, 0.2) is 78.0 Å². The summed E-state index contributed by atoms with van der Waals surface area (Å²) < 4.78 is 6.43. The van der Waals surface area contributed by atoms with Gasteiger partial charge in [-0.05, 0) is 57.8 Å². The Morgan fingerprint density at radius 1 is 0.968 bits per heavy atom. The van der Waals surface area contributed by atoms with E-state index in [0.717, 1.165) is 5.75 Å². The van der Waals surface area contributed by atoms with Gasteiger partial charge in [0.2, 0.25) is 0 Å². The Labute approximate surface area is 193 Å². The van der Waals surface area contributed by atoms with Crippen LogP contribution < -0.4 is 9.92 Å². The van der Waals surface area contributed by atoms with Gasteiger partial charge in [-0.15, -0.1) is 22.7 Å². The summed E-state index contributed by atoms with van der Waals surface area (Å²) in [5.41, 5.74) is 7.16. The number of benzene rings is 2. The quantitative estimate of drug-likeness (QED) is 0.213. The lowest BCUT2D eigenvalue weighted by atomic mass is 10.0. The maximum Gasteiger partial charge on any atom is 0.126 e. The molecule has 2 aromatic carbocycles. The zero-order valence-electron chi connectivity index (χ0n) is 18.1. The topological polar surface area (TPSA) is 9.23 Å². The minimum Gasteiger partial charge on any atom is -0.489 e. The molecular weight excluding hydrogens is 433 g/mol. The van der Waals surface area contributed by atoms with Crippen LogP contribution in [0.3, 0.4) is 0 Å². The zero-order chi connectivity index (χ0) is 21.6. The number of rotatable bonds is 6. The molecule has 0 atom stereocenters. The molecule has 31 heavy (non-hydrogen) atoms. The molecule has 0 unspecified atom stereocenters. The van der Waals surface area contributed by atoms with E-state index in [1.54, 1.807) is 0 Å². The van der Waals surface area contributed by atoms with Gasteiger partial charge in [-0.3, -0.25) is 0 Å². The Bertz CT molecular complexity index is 1210. The van der Waals surface area contributed by atoms with Crippen molar-refractivity contribution in [2.75, 3.05) is 6.61 Å². The van der Waals surface area contributed by atoms with E-state index in [4.69, 9.17) is 4.74 Å². The van der Waals surface area contributed by atoms with E-state index in [-0.39, 0.29) is 0 Å². The molecule has 0 saturated carbocycles. The van der Waals surface area contributed by atoms with Crippen LogP contribution >= 0.6 is 22.7 Å². The number of ether oxygens (including phenoxy) is 1. The third kappa shape index (κ3) is 3.34. The van der Waals surface area contributed by atoms with Gasteiger partial charge in [-0.2, -0.15) is 0 Å². The first-order chi connectivity index (χ1) is 15.0. The van der Waals surface area contributed by atoms with Crippen LogP contribution in [-0.2, 0) is 0 Å². The van der Waals surface area contributed by atoms with E-state index < -0.39 is 8.07 Å². The lowest BCUT2D eigenvalue weighted by molar-refractivity contribution is 0.367. The van der Waals surface area contributed by atoms with Gasteiger partial charge in [0.1, 0.15) is 12.4 Å². The smallest absolute Gasteiger partial charge is 0.126 e. The fraction of sp³-hybridized carbons (Fsp3) is 0.185. The van der Waals surface area contributed by atoms with Crippen LogP contribution in [0.4, 0.5) is 0 Å². The molecule has 2 heterocycles. The molecule has 0 bridgehead atoms. The molecule has 0 aliphatic heterocycles. The fourth-order valence-corrected chi connectivity index (χ4v) is 11.0. The van der Waals surface area contributed by atoms with Crippen molar-refractivity contribution in [2.45, 2.75) is 25.6 Å². The van der Waals surface area contributed by atoms with Gasteiger partial charge in [0.25, 0.3) is 0 Å². The molecule has 0 fully saturated rings. The number of thiophene rings is 2. The average molecular weight is 459 g/mol. The summed E-state index contributed by atoms with van der Waals surface area (Å²) in [6, 6.07) is 20.0. The van der Waals surface area contributed by atoms with Crippen molar-refractivity contribution in [1.29, 1.82) is 0 Å². The second-order valence-corrected chi connectivity index (χ2v) is 15.1. The first-order valence-electron chi connectivity index (χ1n) is 10.6. The van der Waals surface area contributed by atoms with Crippen LogP contribution in [0.5, 0.6) is 5.75 Å². The van der Waals surface area contributed by atoms with Crippen molar-refractivity contribution >= 4 is 35.9 Å². The molecule has 0 amide bonds. The van der Waals surface area contributed by atoms with Gasteiger partial charge in [-0.1, -0.05) is 67.7 Å². The minimum absolute atomic E-state index is 0.450. The van der Waals surface area contributed by atoms with E-state index in [0.29, 0.717) is 12.1 Å². The molecule has 0 spiro atoms. The molecule has 1 nitrogen and oxygen atoms in total. The van der Waals surface area contributed by atoms with Gasteiger partial charge in [0, 0.05) is 20.9 Å². The van der Waals surface area contributed by atoms with E-state index in [9.17, 15) is 0 Å². The molecule has 156 valence electrons. The average Bonchev–Trinajstić information content (AvgIpc) is 3.47. The third-order valence-corrected chi connectivity index (χ3v) is 12.1. The van der Waals surface area contributed by atoms with Crippen molar-refractivity contribution in [3.8, 4) is 26.6 Å². The molecule has 5 rings (SSSR count). The summed E-state index contributed by atoms with van der Waals surface area (Å²) in [5.74, 6) is 1.04. The van der Waals surface area contributed by atoms with Crippen molar-refractivity contribution in [3.63, 3.8) is 0 Å². The second kappa shape index (κ2) is 7.94. The maximum atomic E-state index is 6.43. The normalized spacial score (nSPS) is 13.1. The van der Waals surface area contributed by atoms with E-state index >= 15 is 0 Å². The highest BCUT2D eigenvalue weighted by Gasteiger charge is 2.45. The van der Waals surface area contributed by atoms with Crippen LogP contribution in [0.25, 0.3) is 20.9 Å². The molecular formula is C27H26OS2Si. The molecule has 0 saturated heterocycles. The maximum absolute atomic E-state index is 6.43. The van der Waals surface area contributed by atoms with Crippen LogP contribution in [0.1, 0.15) is 22.2 Å². The number of hydrogen-bond donors (Lipinski definition) is 0. The predicted molar refractivity (Wildman–Crippen MR) is 139 cm³/mol. The van der Waals surface area contributed by atoms with Crippen molar-refractivity contribution in [1.82, 2.24) is 0 Å². The van der Waals surface area contributed by atoms with Crippen molar-refractivity contribution in [2.24, 2.45) is 0 Å². The van der Waals surface area contributed by atoms with E-state index in [1.165, 1.54) is 42.8 Å². The molecule has 0 N–H and O–H groups in total. The van der Waals surface area contributed by atoms with Gasteiger partial charge >= 0.3 is 0 Å². The molecule has 0 radical (unpaired) electrons.